The van der Waals surface area contributed by atoms with Gasteiger partial charge in [0.15, 0.2) is 0 Å². The van der Waals surface area contributed by atoms with Gasteiger partial charge in [-0.15, -0.1) is 0 Å². The summed E-state index contributed by atoms with van der Waals surface area (Å²) in [5.41, 5.74) is 0. The second kappa shape index (κ2) is 30.2. The van der Waals surface area contributed by atoms with Crippen molar-refractivity contribution >= 4 is 11.9 Å². The van der Waals surface area contributed by atoms with Crippen LogP contribution in [0.1, 0.15) is 194 Å². The first-order valence-corrected chi connectivity index (χ1v) is 20.0. The Morgan fingerprint density at radius 3 is 1.60 bits per heavy atom. The molecule has 1 aliphatic heterocycles. The lowest BCUT2D eigenvalue weighted by molar-refractivity contribution is -0.149. The predicted molar refractivity (Wildman–Crippen MR) is 192 cm³/mol. The van der Waals surface area contributed by atoms with E-state index >= 15 is 0 Å². The van der Waals surface area contributed by atoms with E-state index in [1.807, 2.05) is 0 Å². The van der Waals surface area contributed by atoms with Crippen molar-refractivity contribution in [2.24, 2.45) is 17.8 Å². The van der Waals surface area contributed by atoms with Gasteiger partial charge in [0, 0.05) is 13.0 Å². The highest BCUT2D eigenvalue weighted by Crippen LogP contribution is 2.23. The van der Waals surface area contributed by atoms with E-state index in [0.29, 0.717) is 25.6 Å². The van der Waals surface area contributed by atoms with E-state index in [0.717, 1.165) is 44.7 Å². The molecule has 1 unspecified atom stereocenters. The van der Waals surface area contributed by atoms with Crippen LogP contribution in [0.25, 0.3) is 0 Å². The maximum atomic E-state index is 12.6. The van der Waals surface area contributed by atoms with Crippen molar-refractivity contribution in [1.29, 1.82) is 0 Å². The Balaban J connectivity index is 2.19. The maximum absolute atomic E-state index is 12.6. The molecule has 0 aromatic rings. The van der Waals surface area contributed by atoms with E-state index in [9.17, 15) is 9.59 Å². The summed E-state index contributed by atoms with van der Waals surface area (Å²) in [6.45, 7) is 9.86. The highest BCUT2D eigenvalue weighted by atomic mass is 16.5. The maximum Gasteiger partial charge on any atom is 0.310 e. The number of nitrogens with zero attached hydrogens (tertiary/aromatic N) is 1. The monoisotopic (exact) mass is 636 g/mol. The smallest absolute Gasteiger partial charge is 0.310 e. The average molecular weight is 636 g/mol. The van der Waals surface area contributed by atoms with E-state index in [1.165, 1.54) is 141 Å². The third kappa shape index (κ3) is 24.7. The van der Waals surface area contributed by atoms with Gasteiger partial charge in [0.1, 0.15) is 0 Å². The first-order chi connectivity index (χ1) is 22.0. The van der Waals surface area contributed by atoms with Gasteiger partial charge in [-0.25, -0.2) is 0 Å². The van der Waals surface area contributed by atoms with E-state index in [1.54, 1.807) is 0 Å². The standard InChI is InChI=1S/C40H77NO4/c1-5-8-11-12-13-14-17-22-27-37(35-45-40(43)38-30-32-41(4)34-38)28-23-18-15-16-19-24-29-39(42)44-33-31-36(25-20-9-6-2)26-21-10-7-3/h36-38H,5-35H2,1-4H3/t37?,38-/m0/s1. The van der Waals surface area contributed by atoms with Gasteiger partial charge in [-0.2, -0.15) is 0 Å². The zero-order valence-electron chi connectivity index (χ0n) is 30.7. The molecular weight excluding hydrogens is 558 g/mol. The molecular formula is C40H77NO4. The van der Waals surface area contributed by atoms with Crippen molar-refractivity contribution < 1.29 is 19.1 Å². The summed E-state index contributed by atoms with van der Waals surface area (Å²) < 4.78 is 11.5. The molecule has 0 radical (unpaired) electrons. The third-order valence-corrected chi connectivity index (χ3v) is 10.1. The Bertz CT molecular complexity index is 673. The quantitative estimate of drug-likeness (QED) is 0.0544. The number of unbranched alkanes of at least 4 members (excludes halogenated alkanes) is 16. The molecule has 5 nitrogen and oxygen atoms in total. The van der Waals surface area contributed by atoms with Crippen LogP contribution in [0, 0.1) is 17.8 Å². The Morgan fingerprint density at radius 2 is 1.07 bits per heavy atom. The van der Waals surface area contributed by atoms with Crippen LogP contribution in [-0.4, -0.2) is 50.2 Å². The molecule has 0 spiro atoms. The van der Waals surface area contributed by atoms with E-state index in [4.69, 9.17) is 9.47 Å². The van der Waals surface area contributed by atoms with Gasteiger partial charge < -0.3 is 14.4 Å². The van der Waals surface area contributed by atoms with Gasteiger partial charge in [-0.05, 0) is 57.5 Å². The number of rotatable bonds is 32. The molecule has 266 valence electrons. The largest absolute Gasteiger partial charge is 0.466 e. The Hall–Kier alpha value is -1.10. The summed E-state index contributed by atoms with van der Waals surface area (Å²) in [4.78, 5) is 27.1. The van der Waals surface area contributed by atoms with Crippen LogP contribution in [0.15, 0.2) is 0 Å². The second-order valence-electron chi connectivity index (χ2n) is 14.5. The lowest BCUT2D eigenvalue weighted by atomic mass is 9.92. The molecule has 5 heteroatoms. The number of likely N-dealkylation sites (tertiary alicyclic amines) is 1. The first kappa shape index (κ1) is 41.9. The van der Waals surface area contributed by atoms with Crippen LogP contribution < -0.4 is 0 Å². The number of carbonyl (C=O) groups is 2. The third-order valence-electron chi connectivity index (χ3n) is 10.1. The summed E-state index contributed by atoms with van der Waals surface area (Å²) >= 11 is 0. The molecule has 2 atom stereocenters. The molecule has 1 rings (SSSR count). The van der Waals surface area contributed by atoms with Gasteiger partial charge in [0.25, 0.3) is 0 Å². The van der Waals surface area contributed by atoms with Crippen LogP contribution in [-0.2, 0) is 19.1 Å². The van der Waals surface area contributed by atoms with Crippen molar-refractivity contribution in [3.05, 3.63) is 0 Å². The highest BCUT2D eigenvalue weighted by Gasteiger charge is 2.28. The minimum Gasteiger partial charge on any atom is -0.466 e. The minimum absolute atomic E-state index is 0.00142. The van der Waals surface area contributed by atoms with Crippen molar-refractivity contribution in [1.82, 2.24) is 4.90 Å². The summed E-state index contributed by atoms with van der Waals surface area (Å²) in [6.07, 6.45) is 32.9. The summed E-state index contributed by atoms with van der Waals surface area (Å²) in [7, 11) is 2.09. The lowest BCUT2D eigenvalue weighted by Crippen LogP contribution is -2.24. The second-order valence-corrected chi connectivity index (χ2v) is 14.5. The number of ether oxygens (including phenoxy) is 2. The molecule has 1 heterocycles. The van der Waals surface area contributed by atoms with Crippen molar-refractivity contribution in [2.45, 2.75) is 194 Å². The van der Waals surface area contributed by atoms with Gasteiger partial charge in [-0.1, -0.05) is 156 Å². The topological polar surface area (TPSA) is 55.8 Å². The van der Waals surface area contributed by atoms with Crippen molar-refractivity contribution in [2.75, 3.05) is 33.4 Å². The van der Waals surface area contributed by atoms with Crippen molar-refractivity contribution in [3.63, 3.8) is 0 Å². The Morgan fingerprint density at radius 1 is 0.600 bits per heavy atom. The molecule has 0 aromatic carbocycles. The molecule has 1 fully saturated rings. The number of esters is 2. The fourth-order valence-electron chi connectivity index (χ4n) is 6.94. The highest BCUT2D eigenvalue weighted by molar-refractivity contribution is 5.73. The van der Waals surface area contributed by atoms with Crippen LogP contribution >= 0.6 is 0 Å². The van der Waals surface area contributed by atoms with E-state index in [2.05, 4.69) is 32.7 Å². The summed E-state index contributed by atoms with van der Waals surface area (Å²) in [6, 6.07) is 0. The molecule has 0 saturated carbocycles. The predicted octanol–water partition coefficient (Wildman–Crippen LogP) is 11.5. The lowest BCUT2D eigenvalue weighted by Gasteiger charge is -2.19. The van der Waals surface area contributed by atoms with Crippen LogP contribution in [0.5, 0.6) is 0 Å². The molecule has 0 N–H and O–H groups in total. The minimum atomic E-state index is -0.00142. The normalized spacial score (nSPS) is 16.0. The SMILES string of the molecule is CCCCCCCCCCC(CCCCCCCCC(=O)OCCC(CCCCC)CCCCC)COC(=O)[C@H]1CCN(C)C1. The van der Waals surface area contributed by atoms with E-state index < -0.39 is 0 Å². The summed E-state index contributed by atoms with van der Waals surface area (Å²) in [5, 5.41) is 0. The van der Waals surface area contributed by atoms with Gasteiger partial charge in [-0.3, -0.25) is 9.59 Å². The summed E-state index contributed by atoms with van der Waals surface area (Å²) in [5.74, 6) is 1.31. The molecule has 0 amide bonds. The zero-order chi connectivity index (χ0) is 32.8. The molecule has 0 aromatic heterocycles. The molecule has 0 aliphatic carbocycles. The number of hydrogen-bond donors (Lipinski definition) is 0. The average Bonchev–Trinajstić information content (AvgIpc) is 3.48. The van der Waals surface area contributed by atoms with Crippen LogP contribution in [0.4, 0.5) is 0 Å². The first-order valence-electron chi connectivity index (χ1n) is 20.0. The Labute approximate surface area is 280 Å². The number of carbonyl (C=O) groups excluding carboxylic acids is 2. The molecule has 1 saturated heterocycles. The number of hydrogen-bond acceptors (Lipinski definition) is 5. The fourth-order valence-corrected chi connectivity index (χ4v) is 6.94. The van der Waals surface area contributed by atoms with Gasteiger partial charge in [0.05, 0.1) is 19.1 Å². The van der Waals surface area contributed by atoms with Crippen LogP contribution in [0.3, 0.4) is 0 Å². The van der Waals surface area contributed by atoms with Gasteiger partial charge in [0.2, 0.25) is 0 Å². The zero-order valence-corrected chi connectivity index (χ0v) is 30.7. The van der Waals surface area contributed by atoms with Gasteiger partial charge >= 0.3 is 11.9 Å². The van der Waals surface area contributed by atoms with Crippen LogP contribution in [0.2, 0.25) is 0 Å². The molecule has 1 aliphatic rings. The van der Waals surface area contributed by atoms with E-state index in [-0.39, 0.29) is 17.9 Å². The Kier molecular flexibility index (Phi) is 28.2. The fraction of sp³-hybridized carbons (Fsp3) is 0.950. The molecule has 45 heavy (non-hydrogen) atoms. The van der Waals surface area contributed by atoms with Crippen molar-refractivity contribution in [3.8, 4) is 0 Å². The molecule has 0 bridgehead atoms.